The van der Waals surface area contributed by atoms with Gasteiger partial charge in [0.15, 0.2) is 5.65 Å². The summed E-state index contributed by atoms with van der Waals surface area (Å²) >= 11 is 0. The summed E-state index contributed by atoms with van der Waals surface area (Å²) in [5, 5.41) is 0. The van der Waals surface area contributed by atoms with E-state index in [4.69, 9.17) is 0 Å². The number of aromatic amines is 1. The third kappa shape index (κ3) is 1.68. The average molecular weight is 237 g/mol. The minimum absolute atomic E-state index is 0.783. The lowest BCUT2D eigenvalue weighted by molar-refractivity contribution is 1.22. The quantitative estimate of drug-likeness (QED) is 0.703. The first-order chi connectivity index (χ1) is 8.65. The number of nitrogens with zero attached hydrogens (tertiary/aromatic N) is 2. The van der Waals surface area contributed by atoms with Crippen molar-refractivity contribution in [3.8, 4) is 11.4 Å². The van der Waals surface area contributed by atoms with Gasteiger partial charge in [0.05, 0.1) is 5.52 Å². The lowest BCUT2D eigenvalue weighted by Crippen LogP contribution is -1.88. The van der Waals surface area contributed by atoms with E-state index in [0.717, 1.165) is 28.2 Å². The molecule has 0 saturated heterocycles. The number of rotatable bonds is 1. The van der Waals surface area contributed by atoms with Crippen molar-refractivity contribution in [3.05, 3.63) is 47.2 Å². The van der Waals surface area contributed by atoms with Crippen LogP contribution in [0.4, 0.5) is 0 Å². The topological polar surface area (TPSA) is 41.6 Å². The highest BCUT2D eigenvalue weighted by atomic mass is 15.0. The van der Waals surface area contributed by atoms with Gasteiger partial charge in [0.2, 0.25) is 0 Å². The molecule has 2 heterocycles. The number of H-pyrrole nitrogens is 1. The molecule has 1 N–H and O–H groups in total. The molecule has 0 unspecified atom stereocenters. The number of hydrogen-bond acceptors (Lipinski definition) is 2. The SMILES string of the molecule is Cc1ccc2[nH]c(-c3cccc(C)c3C)nc2n1. The maximum atomic E-state index is 4.58. The molecular weight excluding hydrogens is 222 g/mol. The molecular formula is C15H15N3. The monoisotopic (exact) mass is 237 g/mol. The number of fused-ring (bicyclic) bond motifs is 1. The van der Waals surface area contributed by atoms with Crippen molar-refractivity contribution in [2.45, 2.75) is 20.8 Å². The number of aromatic nitrogens is 3. The van der Waals surface area contributed by atoms with Gasteiger partial charge in [-0.3, -0.25) is 0 Å². The Morgan fingerprint density at radius 1 is 0.944 bits per heavy atom. The Kier molecular flexibility index (Phi) is 2.40. The Labute approximate surface area is 106 Å². The van der Waals surface area contributed by atoms with Crippen LogP contribution in [0.15, 0.2) is 30.3 Å². The van der Waals surface area contributed by atoms with Crippen LogP contribution in [0.2, 0.25) is 0 Å². The van der Waals surface area contributed by atoms with Gasteiger partial charge in [-0.25, -0.2) is 9.97 Å². The first-order valence-corrected chi connectivity index (χ1v) is 6.05. The Balaban J connectivity index is 2.22. The van der Waals surface area contributed by atoms with Crippen LogP contribution in [0.25, 0.3) is 22.6 Å². The molecule has 0 atom stereocenters. The lowest BCUT2D eigenvalue weighted by atomic mass is 10.0. The van der Waals surface area contributed by atoms with E-state index in [9.17, 15) is 0 Å². The van der Waals surface area contributed by atoms with Crippen LogP contribution < -0.4 is 0 Å². The van der Waals surface area contributed by atoms with E-state index in [1.165, 1.54) is 11.1 Å². The highest BCUT2D eigenvalue weighted by Crippen LogP contribution is 2.24. The summed E-state index contributed by atoms with van der Waals surface area (Å²) in [6.07, 6.45) is 0. The first-order valence-electron chi connectivity index (χ1n) is 6.05. The van der Waals surface area contributed by atoms with E-state index in [-0.39, 0.29) is 0 Å². The molecule has 0 fully saturated rings. The summed E-state index contributed by atoms with van der Waals surface area (Å²) in [5.74, 6) is 0.893. The van der Waals surface area contributed by atoms with Gasteiger partial charge in [-0.2, -0.15) is 0 Å². The fourth-order valence-electron chi connectivity index (χ4n) is 2.12. The van der Waals surface area contributed by atoms with Crippen LogP contribution in [0, 0.1) is 20.8 Å². The molecule has 0 aliphatic carbocycles. The van der Waals surface area contributed by atoms with Gasteiger partial charge in [-0.05, 0) is 44.0 Å². The van der Waals surface area contributed by atoms with Crippen molar-refractivity contribution < 1.29 is 0 Å². The van der Waals surface area contributed by atoms with Gasteiger partial charge in [0.25, 0.3) is 0 Å². The Bertz CT molecular complexity index is 726. The Morgan fingerprint density at radius 2 is 1.78 bits per heavy atom. The molecule has 0 radical (unpaired) electrons. The van der Waals surface area contributed by atoms with Gasteiger partial charge in [-0.1, -0.05) is 18.2 Å². The fourth-order valence-corrected chi connectivity index (χ4v) is 2.12. The predicted octanol–water partition coefficient (Wildman–Crippen LogP) is 3.55. The summed E-state index contributed by atoms with van der Waals surface area (Å²) < 4.78 is 0. The number of imidazole rings is 1. The largest absolute Gasteiger partial charge is 0.337 e. The second-order valence-electron chi connectivity index (χ2n) is 4.66. The summed E-state index contributed by atoms with van der Waals surface area (Å²) in [6.45, 7) is 6.21. The van der Waals surface area contributed by atoms with Gasteiger partial charge < -0.3 is 4.98 Å². The van der Waals surface area contributed by atoms with Gasteiger partial charge in [-0.15, -0.1) is 0 Å². The normalized spacial score (nSPS) is 11.1. The molecule has 3 nitrogen and oxygen atoms in total. The Hall–Kier alpha value is -2.16. The molecule has 3 rings (SSSR count). The molecule has 18 heavy (non-hydrogen) atoms. The molecule has 0 amide bonds. The molecule has 3 heteroatoms. The molecule has 0 aliphatic heterocycles. The molecule has 2 aromatic heterocycles. The molecule has 0 saturated carbocycles. The molecule has 1 aromatic carbocycles. The smallest absolute Gasteiger partial charge is 0.178 e. The van der Waals surface area contributed by atoms with Crippen LogP contribution in [-0.2, 0) is 0 Å². The molecule has 3 aromatic rings. The van der Waals surface area contributed by atoms with Crippen LogP contribution in [0.5, 0.6) is 0 Å². The van der Waals surface area contributed by atoms with Crippen LogP contribution in [-0.4, -0.2) is 15.0 Å². The predicted molar refractivity (Wildman–Crippen MR) is 73.5 cm³/mol. The van der Waals surface area contributed by atoms with E-state index >= 15 is 0 Å². The second-order valence-corrected chi connectivity index (χ2v) is 4.66. The number of benzene rings is 1. The van der Waals surface area contributed by atoms with E-state index in [1.54, 1.807) is 0 Å². The van der Waals surface area contributed by atoms with Crippen molar-refractivity contribution in [2.75, 3.05) is 0 Å². The van der Waals surface area contributed by atoms with E-state index in [1.807, 2.05) is 19.1 Å². The van der Waals surface area contributed by atoms with E-state index in [2.05, 4.69) is 47.0 Å². The highest BCUT2D eigenvalue weighted by molar-refractivity contribution is 5.77. The average Bonchev–Trinajstić information content (AvgIpc) is 2.75. The zero-order valence-electron chi connectivity index (χ0n) is 10.8. The van der Waals surface area contributed by atoms with Crippen LogP contribution in [0.1, 0.15) is 16.8 Å². The standard InChI is InChI=1S/C15H15N3/c1-9-5-4-6-12(11(9)3)14-17-13-8-7-10(2)16-15(13)18-14/h4-8H,1-3H3,(H,16,17,18). The number of aryl methyl sites for hydroxylation is 2. The highest BCUT2D eigenvalue weighted by Gasteiger charge is 2.09. The summed E-state index contributed by atoms with van der Waals surface area (Å²) in [7, 11) is 0. The third-order valence-electron chi connectivity index (χ3n) is 3.34. The molecule has 0 spiro atoms. The van der Waals surface area contributed by atoms with Crippen molar-refractivity contribution in [1.29, 1.82) is 0 Å². The minimum atomic E-state index is 0.783. The number of hydrogen-bond donors (Lipinski definition) is 1. The zero-order valence-corrected chi connectivity index (χ0v) is 10.8. The summed E-state index contributed by atoms with van der Waals surface area (Å²) in [5.41, 5.74) is 6.43. The number of pyridine rings is 1. The van der Waals surface area contributed by atoms with E-state index < -0.39 is 0 Å². The molecule has 90 valence electrons. The third-order valence-corrected chi connectivity index (χ3v) is 3.34. The van der Waals surface area contributed by atoms with Crippen LogP contribution in [0.3, 0.4) is 0 Å². The molecule has 0 aliphatic rings. The first kappa shape index (κ1) is 11.0. The van der Waals surface area contributed by atoms with Crippen molar-refractivity contribution >= 4 is 11.2 Å². The van der Waals surface area contributed by atoms with Crippen molar-refractivity contribution in [2.24, 2.45) is 0 Å². The number of nitrogens with one attached hydrogen (secondary N) is 1. The zero-order chi connectivity index (χ0) is 12.7. The summed E-state index contributed by atoms with van der Waals surface area (Å²) in [6, 6.07) is 10.3. The van der Waals surface area contributed by atoms with E-state index in [0.29, 0.717) is 0 Å². The van der Waals surface area contributed by atoms with Gasteiger partial charge >= 0.3 is 0 Å². The van der Waals surface area contributed by atoms with Gasteiger partial charge in [0, 0.05) is 11.3 Å². The molecule has 0 bridgehead atoms. The fraction of sp³-hybridized carbons (Fsp3) is 0.200. The van der Waals surface area contributed by atoms with Crippen molar-refractivity contribution in [3.63, 3.8) is 0 Å². The minimum Gasteiger partial charge on any atom is -0.337 e. The maximum absolute atomic E-state index is 4.58. The van der Waals surface area contributed by atoms with Crippen LogP contribution >= 0.6 is 0 Å². The summed E-state index contributed by atoms with van der Waals surface area (Å²) in [4.78, 5) is 12.3. The second kappa shape index (κ2) is 3.95. The van der Waals surface area contributed by atoms with Crippen molar-refractivity contribution in [1.82, 2.24) is 15.0 Å². The Morgan fingerprint density at radius 3 is 2.61 bits per heavy atom. The van der Waals surface area contributed by atoms with Gasteiger partial charge in [0.1, 0.15) is 5.82 Å². The lowest BCUT2D eigenvalue weighted by Gasteiger charge is -2.04. The maximum Gasteiger partial charge on any atom is 0.178 e.